The molecule has 0 aromatic heterocycles. The summed E-state index contributed by atoms with van der Waals surface area (Å²) in [6.45, 7) is 0. The summed E-state index contributed by atoms with van der Waals surface area (Å²) >= 11 is 1.92. The maximum Gasteiger partial charge on any atom is 0.100 e. The Morgan fingerprint density at radius 2 is 1.38 bits per heavy atom. The van der Waals surface area contributed by atoms with Crippen molar-refractivity contribution in [2.45, 2.75) is 0 Å². The lowest BCUT2D eigenvalue weighted by atomic mass is 10.1. The summed E-state index contributed by atoms with van der Waals surface area (Å²) in [6.07, 6.45) is 0. The Morgan fingerprint density at radius 3 is 1.69 bits per heavy atom. The highest BCUT2D eigenvalue weighted by Gasteiger charge is 2.07. The number of nitrogens with zero attached hydrogens (tertiary/aromatic N) is 3. The number of hydrogen-bond acceptors (Lipinski definition) is 3. The molecular formula is C9H2IN3. The SMILES string of the molecule is N#Cc1cc(C#N)c(I)c(C#N)c1. The van der Waals surface area contributed by atoms with Crippen molar-refractivity contribution in [3.05, 3.63) is 32.4 Å². The lowest BCUT2D eigenvalue weighted by Gasteiger charge is -1.97. The molecule has 0 N–H and O–H groups in total. The molecule has 0 heterocycles. The third-order valence-electron chi connectivity index (χ3n) is 1.44. The normalized spacial score (nSPS) is 8.15. The Balaban J connectivity index is 3.53. The molecule has 0 radical (unpaired) electrons. The lowest BCUT2D eigenvalue weighted by molar-refractivity contribution is 1.39. The third kappa shape index (κ3) is 1.77. The molecule has 0 spiro atoms. The molecule has 3 nitrogen and oxygen atoms in total. The number of benzene rings is 1. The van der Waals surface area contributed by atoms with E-state index in [1.165, 1.54) is 12.1 Å². The number of halogens is 1. The summed E-state index contributed by atoms with van der Waals surface area (Å²) in [5.41, 5.74) is 1.08. The maximum absolute atomic E-state index is 8.68. The van der Waals surface area contributed by atoms with E-state index in [0.717, 1.165) is 0 Å². The topological polar surface area (TPSA) is 71.4 Å². The molecule has 0 aliphatic carbocycles. The molecule has 60 valence electrons. The van der Waals surface area contributed by atoms with Crippen molar-refractivity contribution in [3.8, 4) is 18.2 Å². The van der Waals surface area contributed by atoms with E-state index in [0.29, 0.717) is 20.3 Å². The second-order valence-corrected chi connectivity index (χ2v) is 3.30. The first-order valence-electron chi connectivity index (χ1n) is 3.26. The molecule has 0 saturated heterocycles. The van der Waals surface area contributed by atoms with E-state index in [1.807, 2.05) is 40.8 Å². The molecule has 13 heavy (non-hydrogen) atoms. The Labute approximate surface area is 89.0 Å². The smallest absolute Gasteiger partial charge is 0.100 e. The van der Waals surface area contributed by atoms with E-state index < -0.39 is 0 Å². The first kappa shape index (κ1) is 9.51. The fourth-order valence-corrected chi connectivity index (χ4v) is 1.40. The van der Waals surface area contributed by atoms with Crippen LogP contribution in [-0.4, -0.2) is 0 Å². The van der Waals surface area contributed by atoms with E-state index in [9.17, 15) is 0 Å². The highest BCUT2D eigenvalue weighted by atomic mass is 127. The fourth-order valence-electron chi connectivity index (χ4n) is 0.852. The van der Waals surface area contributed by atoms with Crippen LogP contribution in [0.5, 0.6) is 0 Å². The second kappa shape index (κ2) is 3.89. The van der Waals surface area contributed by atoms with Gasteiger partial charge in [-0.25, -0.2) is 0 Å². The zero-order valence-corrected chi connectivity index (χ0v) is 8.53. The molecule has 1 aromatic rings. The predicted octanol–water partition coefficient (Wildman–Crippen LogP) is 1.91. The van der Waals surface area contributed by atoms with E-state index in [4.69, 9.17) is 15.8 Å². The highest BCUT2D eigenvalue weighted by Crippen LogP contribution is 2.18. The van der Waals surface area contributed by atoms with Gasteiger partial charge in [0.2, 0.25) is 0 Å². The molecule has 0 fully saturated rings. The monoisotopic (exact) mass is 279 g/mol. The van der Waals surface area contributed by atoms with Crippen molar-refractivity contribution < 1.29 is 0 Å². The van der Waals surface area contributed by atoms with Crippen LogP contribution in [0.15, 0.2) is 12.1 Å². The quantitative estimate of drug-likeness (QED) is 0.681. The number of hydrogen-bond donors (Lipinski definition) is 0. The van der Waals surface area contributed by atoms with Gasteiger partial charge in [0.05, 0.1) is 22.8 Å². The van der Waals surface area contributed by atoms with Gasteiger partial charge < -0.3 is 0 Å². The van der Waals surface area contributed by atoms with Gasteiger partial charge in [0, 0.05) is 3.57 Å². The van der Waals surface area contributed by atoms with E-state index >= 15 is 0 Å². The summed E-state index contributed by atoms with van der Waals surface area (Å²) < 4.78 is 0.599. The maximum atomic E-state index is 8.68. The van der Waals surface area contributed by atoms with Crippen LogP contribution < -0.4 is 0 Å². The molecule has 0 atom stereocenters. The van der Waals surface area contributed by atoms with Gasteiger partial charge in [-0.1, -0.05) is 0 Å². The van der Waals surface area contributed by atoms with Gasteiger partial charge in [-0.2, -0.15) is 15.8 Å². The van der Waals surface area contributed by atoms with E-state index in [2.05, 4.69) is 0 Å². The minimum Gasteiger partial charge on any atom is -0.192 e. The molecule has 0 saturated carbocycles. The average Bonchev–Trinajstić information content (AvgIpc) is 2.18. The predicted molar refractivity (Wildman–Crippen MR) is 53.3 cm³/mol. The summed E-state index contributed by atoms with van der Waals surface area (Å²) in [5, 5.41) is 26.0. The summed E-state index contributed by atoms with van der Waals surface area (Å²) in [7, 11) is 0. The van der Waals surface area contributed by atoms with Gasteiger partial charge in [0.15, 0.2) is 0 Å². The van der Waals surface area contributed by atoms with Crippen molar-refractivity contribution >= 4 is 22.6 Å². The van der Waals surface area contributed by atoms with Crippen LogP contribution in [0.25, 0.3) is 0 Å². The Bertz CT molecular complexity index is 436. The van der Waals surface area contributed by atoms with Gasteiger partial charge >= 0.3 is 0 Å². The van der Waals surface area contributed by atoms with Crippen LogP contribution in [0, 0.1) is 37.6 Å². The van der Waals surface area contributed by atoms with Crippen molar-refractivity contribution in [3.63, 3.8) is 0 Å². The van der Waals surface area contributed by atoms with Gasteiger partial charge in [0.1, 0.15) is 12.1 Å². The molecule has 0 aliphatic heterocycles. The van der Waals surface area contributed by atoms with Gasteiger partial charge in [-0.05, 0) is 34.7 Å². The van der Waals surface area contributed by atoms with Crippen LogP contribution >= 0.6 is 22.6 Å². The van der Waals surface area contributed by atoms with Crippen LogP contribution in [0.1, 0.15) is 16.7 Å². The minimum atomic E-state index is 0.341. The van der Waals surface area contributed by atoms with Crippen molar-refractivity contribution in [1.82, 2.24) is 0 Å². The van der Waals surface area contributed by atoms with Gasteiger partial charge in [-0.15, -0.1) is 0 Å². The Morgan fingerprint density at radius 1 is 0.923 bits per heavy atom. The lowest BCUT2D eigenvalue weighted by Crippen LogP contribution is -1.90. The molecule has 0 unspecified atom stereocenters. The Hall–Kier alpha value is -1.58. The average molecular weight is 279 g/mol. The number of rotatable bonds is 0. The molecule has 1 rings (SSSR count). The van der Waals surface area contributed by atoms with Crippen LogP contribution in [0.4, 0.5) is 0 Å². The second-order valence-electron chi connectivity index (χ2n) is 2.22. The van der Waals surface area contributed by atoms with Crippen molar-refractivity contribution in [2.24, 2.45) is 0 Å². The first-order valence-corrected chi connectivity index (χ1v) is 4.34. The summed E-state index contributed by atoms with van der Waals surface area (Å²) in [4.78, 5) is 0. The van der Waals surface area contributed by atoms with E-state index in [-0.39, 0.29) is 0 Å². The minimum absolute atomic E-state index is 0.341. The standard InChI is InChI=1S/C9H2IN3/c10-9-7(4-12)1-6(3-11)2-8(9)5-13/h1-2H. The third-order valence-corrected chi connectivity index (χ3v) is 2.60. The van der Waals surface area contributed by atoms with Crippen molar-refractivity contribution in [1.29, 1.82) is 15.8 Å². The highest BCUT2D eigenvalue weighted by molar-refractivity contribution is 14.1. The van der Waals surface area contributed by atoms with Gasteiger partial charge in [-0.3, -0.25) is 0 Å². The molecule has 0 bridgehead atoms. The first-order chi connectivity index (χ1) is 6.22. The van der Waals surface area contributed by atoms with Crippen molar-refractivity contribution in [2.75, 3.05) is 0 Å². The Kier molecular flexibility index (Phi) is 2.84. The molecular weight excluding hydrogens is 277 g/mol. The molecule has 1 aromatic carbocycles. The molecule has 0 amide bonds. The largest absolute Gasteiger partial charge is 0.192 e. The fraction of sp³-hybridized carbons (Fsp3) is 0. The van der Waals surface area contributed by atoms with Crippen LogP contribution in [-0.2, 0) is 0 Å². The van der Waals surface area contributed by atoms with Gasteiger partial charge in [0.25, 0.3) is 0 Å². The van der Waals surface area contributed by atoms with Crippen LogP contribution in [0.2, 0.25) is 0 Å². The molecule has 4 heteroatoms. The molecule has 0 aliphatic rings. The number of nitriles is 3. The summed E-state index contributed by atoms with van der Waals surface area (Å²) in [6, 6.07) is 8.72. The van der Waals surface area contributed by atoms with E-state index in [1.54, 1.807) is 0 Å². The van der Waals surface area contributed by atoms with Crippen LogP contribution in [0.3, 0.4) is 0 Å². The zero-order chi connectivity index (χ0) is 9.84. The summed E-state index contributed by atoms with van der Waals surface area (Å²) in [5.74, 6) is 0. The zero-order valence-electron chi connectivity index (χ0n) is 6.37.